The number of halogens is 1. The number of amides is 1. The Labute approximate surface area is 137 Å². The molecule has 0 spiro atoms. The van der Waals surface area contributed by atoms with Crippen LogP contribution in [0.2, 0.25) is 5.02 Å². The predicted molar refractivity (Wildman–Crippen MR) is 86.4 cm³/mol. The molecule has 0 atom stereocenters. The summed E-state index contributed by atoms with van der Waals surface area (Å²) < 4.78 is 4.68. The van der Waals surface area contributed by atoms with Gasteiger partial charge in [0.1, 0.15) is 5.03 Å². The third-order valence-corrected chi connectivity index (χ3v) is 4.00. The summed E-state index contributed by atoms with van der Waals surface area (Å²) in [5.41, 5.74) is 0.879. The molecule has 2 rings (SSSR count). The highest BCUT2D eigenvalue weighted by Crippen LogP contribution is 2.23. The third kappa shape index (κ3) is 4.22. The zero-order valence-electron chi connectivity index (χ0n) is 11.7. The van der Waals surface area contributed by atoms with E-state index in [-0.39, 0.29) is 11.7 Å². The zero-order valence-corrected chi connectivity index (χ0v) is 13.3. The van der Waals surface area contributed by atoms with Gasteiger partial charge in [0, 0.05) is 6.20 Å². The highest BCUT2D eigenvalue weighted by Gasteiger charge is 2.14. The summed E-state index contributed by atoms with van der Waals surface area (Å²) in [5, 5.41) is 3.62. The Morgan fingerprint density at radius 2 is 2.05 bits per heavy atom. The lowest BCUT2D eigenvalue weighted by Crippen LogP contribution is -2.15. The second-order valence-electron chi connectivity index (χ2n) is 4.16. The Bertz CT molecular complexity index is 694. The van der Waals surface area contributed by atoms with Gasteiger partial charge in [0.05, 0.1) is 29.1 Å². The summed E-state index contributed by atoms with van der Waals surface area (Å²) in [4.78, 5) is 27.7. The van der Waals surface area contributed by atoms with Crippen molar-refractivity contribution in [2.75, 3.05) is 18.2 Å². The predicted octanol–water partition coefficient (Wildman–Crippen LogP) is 3.25. The van der Waals surface area contributed by atoms with Gasteiger partial charge in [0.2, 0.25) is 5.91 Å². The van der Waals surface area contributed by atoms with Crippen LogP contribution in [0.4, 0.5) is 5.69 Å². The molecule has 0 radical (unpaired) electrons. The fourth-order valence-electron chi connectivity index (χ4n) is 1.65. The summed E-state index contributed by atoms with van der Waals surface area (Å²) in [6.07, 6.45) is 1.56. The van der Waals surface area contributed by atoms with Crippen molar-refractivity contribution < 1.29 is 14.3 Å². The van der Waals surface area contributed by atoms with Crippen molar-refractivity contribution >= 4 is 40.9 Å². The van der Waals surface area contributed by atoms with E-state index in [2.05, 4.69) is 15.0 Å². The van der Waals surface area contributed by atoms with Crippen LogP contribution in [0.1, 0.15) is 10.4 Å². The Kier molecular flexibility index (Phi) is 5.80. The molecular formula is C15H13ClN2O3S. The number of hydrogen-bond donors (Lipinski definition) is 1. The van der Waals surface area contributed by atoms with Gasteiger partial charge < -0.3 is 10.1 Å². The van der Waals surface area contributed by atoms with E-state index in [4.69, 9.17) is 11.6 Å². The molecule has 5 nitrogen and oxygen atoms in total. The number of nitrogens with one attached hydrogen (secondary N) is 1. The summed E-state index contributed by atoms with van der Waals surface area (Å²) in [7, 11) is 1.30. The number of thioether (sulfide) groups is 1. The van der Waals surface area contributed by atoms with Crippen LogP contribution in [0, 0.1) is 0 Å². The molecule has 0 fully saturated rings. The number of aromatic nitrogens is 1. The number of pyridine rings is 1. The van der Waals surface area contributed by atoms with Gasteiger partial charge in [-0.2, -0.15) is 0 Å². The summed E-state index contributed by atoms with van der Waals surface area (Å²) in [5.74, 6) is -0.617. The first-order chi connectivity index (χ1) is 10.6. The number of hydrogen-bond acceptors (Lipinski definition) is 5. The fourth-order valence-corrected chi connectivity index (χ4v) is 2.62. The van der Waals surface area contributed by atoms with Gasteiger partial charge in [0.15, 0.2) is 0 Å². The molecule has 1 amide bonds. The van der Waals surface area contributed by atoms with E-state index in [1.165, 1.54) is 7.11 Å². The normalized spacial score (nSPS) is 10.1. The molecule has 0 unspecified atom stereocenters. The van der Waals surface area contributed by atoms with Crippen LogP contribution in [0.15, 0.2) is 47.6 Å². The van der Waals surface area contributed by atoms with Crippen molar-refractivity contribution in [1.82, 2.24) is 4.98 Å². The second kappa shape index (κ2) is 7.82. The van der Waals surface area contributed by atoms with Gasteiger partial charge in [-0.15, -0.1) is 0 Å². The van der Waals surface area contributed by atoms with Crippen LogP contribution in [0.5, 0.6) is 0 Å². The van der Waals surface area contributed by atoms with Gasteiger partial charge >= 0.3 is 5.97 Å². The Morgan fingerprint density at radius 3 is 2.77 bits per heavy atom. The average Bonchev–Trinajstić information content (AvgIpc) is 2.54. The molecule has 0 saturated carbocycles. The molecular weight excluding hydrogens is 324 g/mol. The van der Waals surface area contributed by atoms with E-state index in [9.17, 15) is 9.59 Å². The summed E-state index contributed by atoms with van der Waals surface area (Å²) >= 11 is 7.13. The molecule has 0 aliphatic rings. The van der Waals surface area contributed by atoms with Crippen molar-refractivity contribution in [3.63, 3.8) is 0 Å². The molecule has 0 aliphatic carbocycles. The number of esters is 1. The molecule has 0 aliphatic heterocycles. The van der Waals surface area contributed by atoms with Crippen LogP contribution >= 0.6 is 23.4 Å². The number of benzene rings is 1. The van der Waals surface area contributed by atoms with Crippen LogP contribution in [0.3, 0.4) is 0 Å². The Morgan fingerprint density at radius 1 is 1.27 bits per heavy atom. The first kappa shape index (κ1) is 16.3. The SMILES string of the molecule is COC(=O)c1cccnc1SCC(=O)Nc1ccccc1Cl. The molecule has 1 N–H and O–H groups in total. The van der Waals surface area contributed by atoms with Gasteiger partial charge in [-0.05, 0) is 24.3 Å². The van der Waals surface area contributed by atoms with Crippen LogP contribution in [-0.2, 0) is 9.53 Å². The average molecular weight is 337 g/mol. The van der Waals surface area contributed by atoms with Crippen molar-refractivity contribution in [3.8, 4) is 0 Å². The van der Waals surface area contributed by atoms with Crippen molar-refractivity contribution in [2.24, 2.45) is 0 Å². The minimum Gasteiger partial charge on any atom is -0.465 e. The Hall–Kier alpha value is -2.05. The minimum atomic E-state index is -0.484. The molecule has 0 bridgehead atoms. The molecule has 0 saturated heterocycles. The number of rotatable bonds is 5. The number of ether oxygens (including phenoxy) is 1. The van der Waals surface area contributed by atoms with Crippen LogP contribution < -0.4 is 5.32 Å². The quantitative estimate of drug-likeness (QED) is 0.670. The Balaban J connectivity index is 2.00. The monoisotopic (exact) mass is 336 g/mol. The zero-order chi connectivity index (χ0) is 15.9. The van der Waals surface area contributed by atoms with Gasteiger partial charge in [-0.1, -0.05) is 35.5 Å². The van der Waals surface area contributed by atoms with Gasteiger partial charge in [-0.25, -0.2) is 9.78 Å². The molecule has 22 heavy (non-hydrogen) atoms. The van der Waals surface area contributed by atoms with E-state index in [1.54, 1.807) is 42.6 Å². The van der Waals surface area contributed by atoms with Crippen molar-refractivity contribution in [3.05, 3.63) is 53.2 Å². The lowest BCUT2D eigenvalue weighted by molar-refractivity contribution is -0.113. The number of anilines is 1. The van der Waals surface area contributed by atoms with E-state index < -0.39 is 5.97 Å². The maximum atomic E-state index is 12.0. The number of carbonyl (C=O) groups is 2. The number of carbonyl (C=O) groups excluding carboxylic acids is 2. The second-order valence-corrected chi connectivity index (χ2v) is 5.54. The summed E-state index contributed by atoms with van der Waals surface area (Å²) in [6.45, 7) is 0. The maximum Gasteiger partial charge on any atom is 0.340 e. The maximum absolute atomic E-state index is 12.0. The first-order valence-corrected chi connectivity index (χ1v) is 7.68. The molecule has 7 heteroatoms. The number of methoxy groups -OCH3 is 1. The molecule has 1 heterocycles. The number of para-hydroxylation sites is 1. The largest absolute Gasteiger partial charge is 0.465 e. The van der Waals surface area contributed by atoms with E-state index >= 15 is 0 Å². The first-order valence-electron chi connectivity index (χ1n) is 6.32. The third-order valence-electron chi connectivity index (χ3n) is 2.66. The highest BCUT2D eigenvalue weighted by molar-refractivity contribution is 8.00. The molecule has 114 valence electrons. The number of nitrogens with zero attached hydrogens (tertiary/aromatic N) is 1. The fraction of sp³-hybridized carbons (Fsp3) is 0.133. The van der Waals surface area contributed by atoms with Crippen LogP contribution in [0.25, 0.3) is 0 Å². The van der Waals surface area contributed by atoms with Crippen LogP contribution in [-0.4, -0.2) is 29.7 Å². The molecule has 1 aromatic carbocycles. The van der Waals surface area contributed by atoms with E-state index in [0.717, 1.165) is 11.8 Å². The molecule has 1 aromatic heterocycles. The topological polar surface area (TPSA) is 68.3 Å². The highest BCUT2D eigenvalue weighted by atomic mass is 35.5. The van der Waals surface area contributed by atoms with Gasteiger partial charge in [0.25, 0.3) is 0 Å². The lowest BCUT2D eigenvalue weighted by atomic mass is 10.3. The lowest BCUT2D eigenvalue weighted by Gasteiger charge is -2.08. The summed E-state index contributed by atoms with van der Waals surface area (Å²) in [6, 6.07) is 10.2. The van der Waals surface area contributed by atoms with E-state index in [1.807, 2.05) is 0 Å². The minimum absolute atomic E-state index is 0.103. The van der Waals surface area contributed by atoms with Crippen molar-refractivity contribution in [1.29, 1.82) is 0 Å². The van der Waals surface area contributed by atoms with Crippen molar-refractivity contribution in [2.45, 2.75) is 5.03 Å². The van der Waals surface area contributed by atoms with E-state index in [0.29, 0.717) is 21.3 Å². The smallest absolute Gasteiger partial charge is 0.340 e. The molecule has 2 aromatic rings. The van der Waals surface area contributed by atoms with Gasteiger partial charge in [-0.3, -0.25) is 4.79 Å². The standard InChI is InChI=1S/C15H13ClN2O3S/c1-21-15(20)10-5-4-8-17-14(10)22-9-13(19)18-12-7-3-2-6-11(12)16/h2-8H,9H2,1H3,(H,18,19).